The zero-order valence-electron chi connectivity index (χ0n) is 16.6. The fourth-order valence-electron chi connectivity index (χ4n) is 2.56. The quantitative estimate of drug-likeness (QED) is 0.413. The number of phenolic OH excluding ortho intramolecular Hbond substituents is 1. The van der Waals surface area contributed by atoms with E-state index in [9.17, 15) is 24.6 Å². The Labute approximate surface area is 165 Å². The van der Waals surface area contributed by atoms with Crippen molar-refractivity contribution in [1.82, 2.24) is 10.6 Å². The van der Waals surface area contributed by atoms with Gasteiger partial charge in [0.05, 0.1) is 13.0 Å². The number of amides is 2. The monoisotopic (exact) mass is 394 g/mol. The molecule has 0 aliphatic heterocycles. The van der Waals surface area contributed by atoms with Gasteiger partial charge in [0.15, 0.2) is 0 Å². The Bertz CT molecular complexity index is 645. The summed E-state index contributed by atoms with van der Waals surface area (Å²) < 4.78 is 4.71. The molecule has 1 rings (SSSR count). The molecule has 8 heteroatoms. The minimum atomic E-state index is -1.57. The molecule has 2 amide bonds. The Balaban J connectivity index is 2.57. The van der Waals surface area contributed by atoms with Crippen molar-refractivity contribution >= 4 is 17.8 Å². The van der Waals surface area contributed by atoms with Crippen LogP contribution in [0.15, 0.2) is 24.3 Å². The van der Waals surface area contributed by atoms with Crippen molar-refractivity contribution in [2.75, 3.05) is 13.2 Å². The van der Waals surface area contributed by atoms with Gasteiger partial charge in [-0.05, 0) is 43.4 Å². The van der Waals surface area contributed by atoms with E-state index in [1.807, 2.05) is 13.8 Å². The summed E-state index contributed by atoms with van der Waals surface area (Å²) in [6.07, 6.45) is -1.07. The minimum absolute atomic E-state index is 0.135. The lowest BCUT2D eigenvalue weighted by Crippen LogP contribution is -2.50. The number of hydrogen-bond acceptors (Lipinski definition) is 6. The molecule has 8 nitrogen and oxygen atoms in total. The summed E-state index contributed by atoms with van der Waals surface area (Å²) in [5.74, 6) is -1.51. The maximum absolute atomic E-state index is 12.5. The van der Waals surface area contributed by atoms with Crippen molar-refractivity contribution < 1.29 is 29.3 Å². The lowest BCUT2D eigenvalue weighted by Gasteiger charge is -2.21. The van der Waals surface area contributed by atoms with E-state index in [1.165, 1.54) is 0 Å². The van der Waals surface area contributed by atoms with Crippen molar-refractivity contribution in [2.24, 2.45) is 5.92 Å². The number of aliphatic hydroxyl groups is 1. The van der Waals surface area contributed by atoms with Crippen molar-refractivity contribution in [3.8, 4) is 5.75 Å². The predicted octanol–water partition coefficient (Wildman–Crippen LogP) is 0.896. The van der Waals surface area contributed by atoms with E-state index in [-0.39, 0.29) is 24.2 Å². The Morgan fingerprint density at radius 2 is 1.75 bits per heavy atom. The molecule has 0 aliphatic carbocycles. The van der Waals surface area contributed by atoms with Crippen LogP contribution in [0.5, 0.6) is 5.75 Å². The molecule has 0 saturated carbocycles. The van der Waals surface area contributed by atoms with Gasteiger partial charge in [-0.25, -0.2) is 0 Å². The van der Waals surface area contributed by atoms with Crippen LogP contribution in [0.1, 0.15) is 39.2 Å². The molecule has 0 spiro atoms. The lowest BCUT2D eigenvalue weighted by molar-refractivity contribution is -0.149. The first kappa shape index (κ1) is 23.4. The maximum Gasteiger partial charge on any atom is 0.308 e. The molecule has 0 aromatic heterocycles. The summed E-state index contributed by atoms with van der Waals surface area (Å²) in [5, 5.41) is 24.4. The second-order valence-corrected chi connectivity index (χ2v) is 6.92. The van der Waals surface area contributed by atoms with Crippen LogP contribution in [0.4, 0.5) is 0 Å². The highest BCUT2D eigenvalue weighted by Gasteiger charge is 2.26. The molecule has 156 valence electrons. The van der Waals surface area contributed by atoms with Crippen LogP contribution in [0, 0.1) is 5.92 Å². The van der Waals surface area contributed by atoms with Crippen molar-refractivity contribution in [1.29, 1.82) is 0 Å². The maximum atomic E-state index is 12.5. The number of nitrogens with one attached hydrogen (secondary N) is 2. The van der Waals surface area contributed by atoms with E-state index >= 15 is 0 Å². The van der Waals surface area contributed by atoms with Crippen LogP contribution in [-0.4, -0.2) is 53.3 Å². The lowest BCUT2D eigenvalue weighted by atomic mass is 10.0. The van der Waals surface area contributed by atoms with Crippen molar-refractivity contribution in [2.45, 2.75) is 52.2 Å². The molecule has 0 bridgehead atoms. The standard InChI is InChI=1S/C20H30N2O6/c1-4-28-18(25)12-17(24)20(27)22-16(11-13(2)3)19(26)21-10-9-14-5-7-15(23)8-6-14/h5-8,13,16-17,23-24H,4,9-12H2,1-3H3,(H,21,26)(H,22,27)/t16-,17-/m0/s1. The number of carbonyl (C=O) groups is 3. The molecule has 1 aromatic rings. The predicted molar refractivity (Wildman–Crippen MR) is 103 cm³/mol. The van der Waals surface area contributed by atoms with E-state index in [2.05, 4.69) is 10.6 Å². The first-order valence-electron chi connectivity index (χ1n) is 9.42. The van der Waals surface area contributed by atoms with Crippen LogP contribution in [0.25, 0.3) is 0 Å². The fourth-order valence-corrected chi connectivity index (χ4v) is 2.56. The molecule has 0 fully saturated rings. The van der Waals surface area contributed by atoms with Crippen LogP contribution in [0.2, 0.25) is 0 Å². The largest absolute Gasteiger partial charge is 0.508 e. The number of aliphatic hydroxyl groups excluding tert-OH is 1. The summed E-state index contributed by atoms with van der Waals surface area (Å²) in [6.45, 7) is 5.98. The Kier molecular flexibility index (Phi) is 10.0. The van der Waals surface area contributed by atoms with Gasteiger partial charge < -0.3 is 25.6 Å². The normalized spacial score (nSPS) is 12.9. The Morgan fingerprint density at radius 3 is 2.32 bits per heavy atom. The van der Waals surface area contributed by atoms with Gasteiger partial charge in [-0.1, -0.05) is 26.0 Å². The van der Waals surface area contributed by atoms with Crippen molar-refractivity contribution in [3.63, 3.8) is 0 Å². The zero-order valence-corrected chi connectivity index (χ0v) is 16.6. The smallest absolute Gasteiger partial charge is 0.308 e. The summed E-state index contributed by atoms with van der Waals surface area (Å²) in [4.78, 5) is 36.0. The van der Waals surface area contributed by atoms with Crippen molar-refractivity contribution in [3.05, 3.63) is 29.8 Å². The number of phenols is 1. The third-order valence-corrected chi connectivity index (χ3v) is 3.96. The molecule has 0 heterocycles. The van der Waals surface area contributed by atoms with Crippen LogP contribution in [-0.2, 0) is 25.5 Å². The molecule has 0 unspecified atom stereocenters. The third-order valence-electron chi connectivity index (χ3n) is 3.96. The Morgan fingerprint density at radius 1 is 1.11 bits per heavy atom. The molecule has 4 N–H and O–H groups in total. The van der Waals surface area contributed by atoms with E-state index in [0.29, 0.717) is 19.4 Å². The van der Waals surface area contributed by atoms with Crippen LogP contribution >= 0.6 is 0 Å². The van der Waals surface area contributed by atoms with Gasteiger partial charge >= 0.3 is 5.97 Å². The topological polar surface area (TPSA) is 125 Å². The van der Waals surface area contributed by atoms with E-state index in [0.717, 1.165) is 5.56 Å². The summed E-state index contributed by atoms with van der Waals surface area (Å²) in [5.41, 5.74) is 0.951. The number of esters is 1. The Hall–Kier alpha value is -2.61. The van der Waals surface area contributed by atoms with Gasteiger partial charge in [0.2, 0.25) is 11.8 Å². The van der Waals surface area contributed by atoms with Gasteiger partial charge in [-0.15, -0.1) is 0 Å². The molecule has 0 aliphatic rings. The highest BCUT2D eigenvalue weighted by Crippen LogP contribution is 2.10. The molecular formula is C20H30N2O6. The van der Waals surface area contributed by atoms with Crippen LogP contribution < -0.4 is 10.6 Å². The first-order valence-corrected chi connectivity index (χ1v) is 9.42. The molecule has 0 saturated heterocycles. The van der Waals surface area contributed by atoms with Crippen LogP contribution in [0.3, 0.4) is 0 Å². The minimum Gasteiger partial charge on any atom is -0.508 e. The number of ether oxygens (including phenoxy) is 1. The number of rotatable bonds is 11. The number of carbonyl (C=O) groups excluding carboxylic acids is 3. The van der Waals surface area contributed by atoms with Gasteiger partial charge in [-0.2, -0.15) is 0 Å². The molecule has 2 atom stereocenters. The van der Waals surface area contributed by atoms with E-state index in [4.69, 9.17) is 4.74 Å². The number of aromatic hydroxyl groups is 1. The van der Waals surface area contributed by atoms with E-state index in [1.54, 1.807) is 31.2 Å². The van der Waals surface area contributed by atoms with Gasteiger partial charge in [-0.3, -0.25) is 14.4 Å². The number of hydrogen-bond donors (Lipinski definition) is 4. The fraction of sp³-hybridized carbons (Fsp3) is 0.550. The van der Waals surface area contributed by atoms with Gasteiger partial charge in [0.1, 0.15) is 17.9 Å². The highest BCUT2D eigenvalue weighted by molar-refractivity contribution is 5.91. The highest BCUT2D eigenvalue weighted by atomic mass is 16.5. The summed E-state index contributed by atoms with van der Waals surface area (Å²) in [6, 6.07) is 5.86. The molecule has 28 heavy (non-hydrogen) atoms. The summed E-state index contributed by atoms with van der Waals surface area (Å²) >= 11 is 0. The molecule has 1 aromatic carbocycles. The zero-order chi connectivity index (χ0) is 21.1. The second kappa shape index (κ2) is 12.0. The summed E-state index contributed by atoms with van der Waals surface area (Å²) in [7, 11) is 0. The molecule has 0 radical (unpaired) electrons. The van der Waals surface area contributed by atoms with Gasteiger partial charge in [0.25, 0.3) is 0 Å². The average Bonchev–Trinajstić information content (AvgIpc) is 2.62. The SMILES string of the molecule is CCOC(=O)C[C@H](O)C(=O)N[C@@H](CC(C)C)C(=O)NCCc1ccc(O)cc1. The van der Waals surface area contributed by atoms with Gasteiger partial charge in [0, 0.05) is 6.54 Å². The second-order valence-electron chi connectivity index (χ2n) is 6.92. The third kappa shape index (κ3) is 8.85. The van der Waals surface area contributed by atoms with E-state index < -0.39 is 30.4 Å². The average molecular weight is 394 g/mol. The number of benzene rings is 1. The molecular weight excluding hydrogens is 364 g/mol. The first-order chi connectivity index (χ1) is 13.2.